The van der Waals surface area contributed by atoms with Crippen LogP contribution in [0.15, 0.2) is 67.9 Å². The van der Waals surface area contributed by atoms with Crippen LogP contribution in [0.1, 0.15) is 11.3 Å². The van der Waals surface area contributed by atoms with Crippen molar-refractivity contribution < 1.29 is 18.0 Å². The van der Waals surface area contributed by atoms with Gasteiger partial charge in [-0.1, -0.05) is 6.07 Å². The summed E-state index contributed by atoms with van der Waals surface area (Å²) in [6.07, 6.45) is 6.01. The molecule has 0 radical (unpaired) electrons. The number of hydrogen-bond acceptors (Lipinski definition) is 6. The number of carbonyl (C=O) groups excluding carboxylic acids is 1. The van der Waals surface area contributed by atoms with Crippen LogP contribution >= 0.6 is 0 Å². The molecule has 10 heteroatoms. The Labute approximate surface area is 174 Å². The van der Waals surface area contributed by atoms with Crippen molar-refractivity contribution in [2.24, 2.45) is 0 Å². The van der Waals surface area contributed by atoms with E-state index in [2.05, 4.69) is 24.9 Å². The molecule has 0 atom stereocenters. The summed E-state index contributed by atoms with van der Waals surface area (Å²) in [5.74, 6) is -0.0905. The Bertz CT molecular complexity index is 1190. The number of pyridine rings is 2. The van der Waals surface area contributed by atoms with E-state index < -0.39 is 11.9 Å². The van der Waals surface area contributed by atoms with Crippen molar-refractivity contribution in [3.05, 3.63) is 79.2 Å². The van der Waals surface area contributed by atoms with Gasteiger partial charge in [-0.25, -0.2) is 15.0 Å². The van der Waals surface area contributed by atoms with Crippen LogP contribution in [-0.2, 0) is 23.9 Å². The molecule has 0 amide bonds. The zero-order chi connectivity index (χ0) is 21.8. The average molecular weight is 424 g/mol. The number of carbonyl (C=O) groups is 1. The van der Waals surface area contributed by atoms with Crippen molar-refractivity contribution in [1.29, 1.82) is 0 Å². The Morgan fingerprint density at radius 1 is 0.935 bits per heavy atom. The fourth-order valence-corrected chi connectivity index (χ4v) is 2.96. The number of Topliss-reactive ketones (excluding diaryl/α,β-unsaturated/α-hetero) is 1. The molecule has 156 valence electrons. The third-order valence-electron chi connectivity index (χ3n) is 4.42. The minimum atomic E-state index is -4.54. The number of imidazole rings is 1. The van der Waals surface area contributed by atoms with Gasteiger partial charge in [-0.2, -0.15) is 13.2 Å². The van der Waals surface area contributed by atoms with E-state index in [1.165, 1.54) is 29.5 Å². The first kappa shape index (κ1) is 20.3. The van der Waals surface area contributed by atoms with Crippen molar-refractivity contribution in [1.82, 2.24) is 29.5 Å². The third kappa shape index (κ3) is 4.97. The zero-order valence-corrected chi connectivity index (χ0v) is 16.0. The van der Waals surface area contributed by atoms with E-state index in [9.17, 15) is 18.0 Å². The summed E-state index contributed by atoms with van der Waals surface area (Å²) in [6.45, 7) is 0.0402. The average Bonchev–Trinajstić information content (AvgIpc) is 3.23. The number of nitrogens with zero attached hydrogens (tertiary/aromatic N) is 6. The first-order chi connectivity index (χ1) is 14.9. The summed E-state index contributed by atoms with van der Waals surface area (Å²) in [6, 6.07) is 5.97. The molecule has 4 aromatic heterocycles. The topological polar surface area (TPSA) is 86.5 Å². The van der Waals surface area contributed by atoms with E-state index in [1.807, 2.05) is 6.07 Å². The van der Waals surface area contributed by atoms with E-state index in [4.69, 9.17) is 0 Å². The standard InChI is InChI=1S/C21H15F3N6O/c22-21(23,24)20-6-15(3-4-27-20)19-11-30(13-29-19)10-17(31)5-14-1-2-18(28-7-14)16-8-25-12-26-9-16/h1-4,6-9,11-13H,5,10H2. The number of alkyl halides is 3. The molecular weight excluding hydrogens is 409 g/mol. The maximum atomic E-state index is 12.8. The van der Waals surface area contributed by atoms with E-state index in [-0.39, 0.29) is 24.3 Å². The van der Waals surface area contributed by atoms with Crippen LogP contribution in [0.4, 0.5) is 13.2 Å². The molecule has 0 bridgehead atoms. The second-order valence-electron chi connectivity index (χ2n) is 6.75. The quantitative estimate of drug-likeness (QED) is 0.470. The van der Waals surface area contributed by atoms with Gasteiger partial charge in [0.25, 0.3) is 0 Å². The lowest BCUT2D eigenvalue weighted by Crippen LogP contribution is -2.11. The van der Waals surface area contributed by atoms with Crippen LogP contribution in [0, 0.1) is 0 Å². The van der Waals surface area contributed by atoms with E-state index in [0.29, 0.717) is 11.4 Å². The molecule has 0 aliphatic heterocycles. The van der Waals surface area contributed by atoms with Crippen molar-refractivity contribution >= 4 is 5.78 Å². The lowest BCUT2D eigenvalue weighted by atomic mass is 10.1. The van der Waals surface area contributed by atoms with Gasteiger partial charge >= 0.3 is 6.18 Å². The minimum Gasteiger partial charge on any atom is -0.329 e. The van der Waals surface area contributed by atoms with Crippen molar-refractivity contribution in [3.63, 3.8) is 0 Å². The largest absolute Gasteiger partial charge is 0.433 e. The minimum absolute atomic E-state index is 0.0402. The Kier molecular flexibility index (Phi) is 5.52. The highest BCUT2D eigenvalue weighted by atomic mass is 19.4. The molecule has 4 heterocycles. The Morgan fingerprint density at radius 2 is 1.74 bits per heavy atom. The normalized spacial score (nSPS) is 11.5. The summed E-state index contributed by atoms with van der Waals surface area (Å²) in [7, 11) is 0. The first-order valence-electron chi connectivity index (χ1n) is 9.16. The van der Waals surface area contributed by atoms with Gasteiger partial charge in [0.1, 0.15) is 12.0 Å². The van der Waals surface area contributed by atoms with Gasteiger partial charge in [-0.15, -0.1) is 0 Å². The van der Waals surface area contributed by atoms with Crippen LogP contribution in [0.2, 0.25) is 0 Å². The molecule has 7 nitrogen and oxygen atoms in total. The molecule has 4 rings (SSSR count). The van der Waals surface area contributed by atoms with Crippen LogP contribution in [0.5, 0.6) is 0 Å². The molecular formula is C21H15F3N6O. The van der Waals surface area contributed by atoms with Crippen molar-refractivity contribution in [2.45, 2.75) is 19.1 Å². The summed E-state index contributed by atoms with van der Waals surface area (Å²) in [4.78, 5) is 32.1. The second kappa shape index (κ2) is 8.42. The van der Waals surface area contributed by atoms with Gasteiger partial charge in [0.2, 0.25) is 0 Å². The van der Waals surface area contributed by atoms with Gasteiger partial charge in [-0.05, 0) is 23.8 Å². The Morgan fingerprint density at radius 3 is 2.45 bits per heavy atom. The zero-order valence-electron chi connectivity index (χ0n) is 16.0. The summed E-state index contributed by atoms with van der Waals surface area (Å²) in [5.41, 5.74) is 1.83. The van der Waals surface area contributed by atoms with E-state index in [0.717, 1.165) is 23.4 Å². The van der Waals surface area contributed by atoms with Crippen LogP contribution in [0.3, 0.4) is 0 Å². The van der Waals surface area contributed by atoms with Gasteiger partial charge < -0.3 is 4.57 Å². The summed E-state index contributed by atoms with van der Waals surface area (Å²) in [5, 5.41) is 0. The molecule has 0 fully saturated rings. The lowest BCUT2D eigenvalue weighted by Gasteiger charge is -2.06. The van der Waals surface area contributed by atoms with Gasteiger partial charge in [0.05, 0.1) is 24.3 Å². The number of aromatic nitrogens is 6. The third-order valence-corrected chi connectivity index (χ3v) is 4.42. The maximum Gasteiger partial charge on any atom is 0.433 e. The predicted octanol–water partition coefficient (Wildman–Crippen LogP) is 3.63. The second-order valence-corrected chi connectivity index (χ2v) is 6.75. The van der Waals surface area contributed by atoms with Gasteiger partial charge in [0, 0.05) is 48.5 Å². The van der Waals surface area contributed by atoms with Crippen LogP contribution in [-0.4, -0.2) is 35.3 Å². The maximum absolute atomic E-state index is 12.8. The number of ketones is 1. The molecule has 0 saturated heterocycles. The Hall–Kier alpha value is -3.95. The molecule has 0 N–H and O–H groups in total. The highest BCUT2D eigenvalue weighted by Gasteiger charge is 2.32. The Balaban J connectivity index is 1.40. The fourth-order valence-electron chi connectivity index (χ4n) is 2.96. The molecule has 0 aliphatic rings. The summed E-state index contributed by atoms with van der Waals surface area (Å²) < 4.78 is 40.1. The smallest absolute Gasteiger partial charge is 0.329 e. The van der Waals surface area contributed by atoms with E-state index >= 15 is 0 Å². The molecule has 0 spiro atoms. The van der Waals surface area contributed by atoms with E-state index in [1.54, 1.807) is 24.7 Å². The van der Waals surface area contributed by atoms with Crippen molar-refractivity contribution in [3.8, 4) is 22.5 Å². The SMILES string of the molecule is O=C(Cc1ccc(-c2cncnc2)nc1)Cn1cnc(-c2ccnc(C(F)(F)F)c2)c1. The number of halogens is 3. The molecule has 0 aliphatic carbocycles. The highest BCUT2D eigenvalue weighted by molar-refractivity contribution is 5.80. The van der Waals surface area contributed by atoms with Gasteiger partial charge in [0.15, 0.2) is 5.78 Å². The molecule has 31 heavy (non-hydrogen) atoms. The molecule has 0 aromatic carbocycles. The highest BCUT2D eigenvalue weighted by Crippen LogP contribution is 2.30. The summed E-state index contributed by atoms with van der Waals surface area (Å²) >= 11 is 0. The fraction of sp³-hybridized carbons (Fsp3) is 0.143. The van der Waals surface area contributed by atoms with Crippen LogP contribution < -0.4 is 0 Å². The van der Waals surface area contributed by atoms with Crippen LogP contribution in [0.25, 0.3) is 22.5 Å². The predicted molar refractivity (Wildman–Crippen MR) is 104 cm³/mol. The van der Waals surface area contributed by atoms with Crippen molar-refractivity contribution in [2.75, 3.05) is 0 Å². The first-order valence-corrected chi connectivity index (χ1v) is 9.16. The van der Waals surface area contributed by atoms with Gasteiger partial charge in [-0.3, -0.25) is 14.8 Å². The molecule has 0 unspecified atom stereocenters. The monoisotopic (exact) mass is 424 g/mol. The lowest BCUT2D eigenvalue weighted by molar-refractivity contribution is -0.141. The molecule has 4 aromatic rings. The number of hydrogen-bond donors (Lipinski definition) is 0. The number of rotatable bonds is 6. The molecule has 0 saturated carbocycles.